The van der Waals surface area contributed by atoms with E-state index >= 15 is 0 Å². The fourth-order valence-corrected chi connectivity index (χ4v) is 1.34. The maximum Gasteiger partial charge on any atom is 0.181 e. The summed E-state index contributed by atoms with van der Waals surface area (Å²) in [6.45, 7) is 3.89. The summed E-state index contributed by atoms with van der Waals surface area (Å²) in [7, 11) is 1.66. The van der Waals surface area contributed by atoms with Crippen molar-refractivity contribution in [2.24, 2.45) is 0 Å². The molecule has 16 heavy (non-hydrogen) atoms. The minimum absolute atomic E-state index is 0.444. The lowest BCUT2D eigenvalue weighted by atomic mass is 10.1. The van der Waals surface area contributed by atoms with Crippen molar-refractivity contribution < 1.29 is 4.74 Å². The summed E-state index contributed by atoms with van der Waals surface area (Å²) in [6, 6.07) is 9.86. The Balaban J connectivity index is 2.34. The van der Waals surface area contributed by atoms with Crippen LogP contribution in [-0.2, 0) is 10.3 Å². The van der Waals surface area contributed by atoms with Crippen LogP contribution in [0.3, 0.4) is 0 Å². The molecule has 1 N–H and O–H groups in total. The smallest absolute Gasteiger partial charge is 0.181 e. The van der Waals surface area contributed by atoms with E-state index in [4.69, 9.17) is 4.74 Å². The van der Waals surface area contributed by atoms with E-state index in [2.05, 4.69) is 15.2 Å². The molecule has 0 atom stereocenters. The Morgan fingerprint density at radius 2 is 1.88 bits per heavy atom. The third kappa shape index (κ3) is 1.97. The van der Waals surface area contributed by atoms with Gasteiger partial charge in [-0.25, -0.2) is 4.98 Å². The quantitative estimate of drug-likeness (QED) is 0.858. The summed E-state index contributed by atoms with van der Waals surface area (Å²) in [4.78, 5) is 4.43. The summed E-state index contributed by atoms with van der Waals surface area (Å²) in [5.74, 6) is 1.43. The van der Waals surface area contributed by atoms with Crippen LogP contribution in [-0.4, -0.2) is 22.3 Å². The average Bonchev–Trinajstić information content (AvgIpc) is 2.80. The predicted octanol–water partition coefficient (Wildman–Crippen LogP) is 2.35. The summed E-state index contributed by atoms with van der Waals surface area (Å²) in [5, 5.41) is 7.09. The van der Waals surface area contributed by atoms with Gasteiger partial charge in [0.25, 0.3) is 0 Å². The van der Waals surface area contributed by atoms with Gasteiger partial charge in [-0.2, -0.15) is 5.10 Å². The van der Waals surface area contributed by atoms with Gasteiger partial charge in [-0.15, -0.1) is 0 Å². The summed E-state index contributed by atoms with van der Waals surface area (Å²) in [6.07, 6.45) is 0. The maximum absolute atomic E-state index is 5.34. The molecule has 0 aliphatic rings. The van der Waals surface area contributed by atoms with Crippen molar-refractivity contribution in [2.75, 3.05) is 7.11 Å². The molecule has 0 aliphatic carbocycles. The number of H-pyrrole nitrogens is 1. The van der Waals surface area contributed by atoms with Crippen LogP contribution in [0.4, 0.5) is 0 Å². The zero-order valence-electron chi connectivity index (χ0n) is 9.69. The lowest BCUT2D eigenvalue weighted by molar-refractivity contribution is 0.0118. The van der Waals surface area contributed by atoms with Gasteiger partial charge >= 0.3 is 0 Å². The van der Waals surface area contributed by atoms with E-state index in [1.807, 2.05) is 44.2 Å². The number of hydrogen-bond acceptors (Lipinski definition) is 3. The Kier molecular flexibility index (Phi) is 2.75. The summed E-state index contributed by atoms with van der Waals surface area (Å²) < 4.78 is 5.34. The van der Waals surface area contributed by atoms with Crippen molar-refractivity contribution in [2.45, 2.75) is 19.4 Å². The molecule has 4 nitrogen and oxygen atoms in total. The molecule has 2 aromatic rings. The van der Waals surface area contributed by atoms with Crippen LogP contribution in [0.1, 0.15) is 19.7 Å². The highest BCUT2D eigenvalue weighted by molar-refractivity contribution is 5.53. The number of nitrogens with one attached hydrogen (secondary N) is 1. The maximum atomic E-state index is 5.34. The Hall–Kier alpha value is -1.68. The van der Waals surface area contributed by atoms with Gasteiger partial charge in [-0.3, -0.25) is 5.10 Å². The van der Waals surface area contributed by atoms with E-state index in [1.165, 1.54) is 0 Å². The highest BCUT2D eigenvalue weighted by Crippen LogP contribution is 2.22. The number of nitrogens with zero attached hydrogens (tertiary/aromatic N) is 2. The fourth-order valence-electron chi connectivity index (χ4n) is 1.34. The monoisotopic (exact) mass is 217 g/mol. The van der Waals surface area contributed by atoms with Crippen LogP contribution in [0.2, 0.25) is 0 Å². The van der Waals surface area contributed by atoms with Crippen LogP contribution < -0.4 is 0 Å². The second kappa shape index (κ2) is 4.06. The number of aromatic amines is 1. The number of aromatic nitrogens is 3. The van der Waals surface area contributed by atoms with E-state index < -0.39 is 5.60 Å². The fraction of sp³-hybridized carbons (Fsp3) is 0.333. The standard InChI is InChI=1S/C12H15N3O/c1-12(2,16-3)11-13-10(14-15-11)9-7-5-4-6-8-9/h4-8H,1-3H3,(H,13,14,15). The molecule has 0 bridgehead atoms. The Morgan fingerprint density at radius 3 is 2.50 bits per heavy atom. The number of benzene rings is 1. The van der Waals surface area contributed by atoms with Gasteiger partial charge in [0.15, 0.2) is 11.6 Å². The van der Waals surface area contributed by atoms with Gasteiger partial charge in [0, 0.05) is 12.7 Å². The topological polar surface area (TPSA) is 50.8 Å². The molecular weight excluding hydrogens is 202 g/mol. The molecule has 1 heterocycles. The molecule has 0 aliphatic heterocycles. The summed E-state index contributed by atoms with van der Waals surface area (Å²) in [5.41, 5.74) is 0.553. The highest BCUT2D eigenvalue weighted by atomic mass is 16.5. The van der Waals surface area contributed by atoms with E-state index in [-0.39, 0.29) is 0 Å². The lowest BCUT2D eigenvalue weighted by Crippen LogP contribution is -2.21. The molecule has 1 aromatic heterocycles. The molecule has 0 saturated heterocycles. The summed E-state index contributed by atoms with van der Waals surface area (Å²) >= 11 is 0. The molecule has 0 saturated carbocycles. The van der Waals surface area contributed by atoms with Crippen LogP contribution >= 0.6 is 0 Å². The second-order valence-corrected chi connectivity index (χ2v) is 4.09. The Morgan fingerprint density at radius 1 is 1.19 bits per heavy atom. The van der Waals surface area contributed by atoms with Crippen molar-refractivity contribution >= 4 is 0 Å². The van der Waals surface area contributed by atoms with Crippen LogP contribution in [0.5, 0.6) is 0 Å². The van der Waals surface area contributed by atoms with Gasteiger partial charge in [0.2, 0.25) is 0 Å². The third-order valence-corrected chi connectivity index (χ3v) is 2.60. The number of hydrogen-bond donors (Lipinski definition) is 1. The van der Waals surface area contributed by atoms with Crippen LogP contribution in [0, 0.1) is 0 Å². The van der Waals surface area contributed by atoms with E-state index in [0.717, 1.165) is 11.4 Å². The molecule has 0 radical (unpaired) electrons. The number of rotatable bonds is 3. The van der Waals surface area contributed by atoms with Gasteiger partial charge in [-0.1, -0.05) is 30.3 Å². The van der Waals surface area contributed by atoms with Crippen LogP contribution in [0.25, 0.3) is 11.4 Å². The van der Waals surface area contributed by atoms with Gasteiger partial charge < -0.3 is 4.74 Å². The van der Waals surface area contributed by atoms with Gasteiger partial charge in [0.1, 0.15) is 5.60 Å². The molecule has 0 fully saturated rings. The number of ether oxygens (including phenoxy) is 1. The molecule has 0 amide bonds. The lowest BCUT2D eigenvalue weighted by Gasteiger charge is -2.18. The zero-order chi connectivity index (χ0) is 11.6. The van der Waals surface area contributed by atoms with Crippen molar-refractivity contribution in [1.29, 1.82) is 0 Å². The minimum atomic E-state index is -0.444. The first kappa shape index (κ1) is 10.8. The highest BCUT2D eigenvalue weighted by Gasteiger charge is 2.24. The van der Waals surface area contributed by atoms with Crippen molar-refractivity contribution in [3.63, 3.8) is 0 Å². The van der Waals surface area contributed by atoms with Gasteiger partial charge in [0.05, 0.1) is 0 Å². The average molecular weight is 217 g/mol. The normalized spacial score (nSPS) is 11.7. The first-order valence-electron chi connectivity index (χ1n) is 5.17. The Bertz CT molecular complexity index is 462. The molecule has 4 heteroatoms. The third-order valence-electron chi connectivity index (χ3n) is 2.60. The largest absolute Gasteiger partial charge is 0.371 e. The van der Waals surface area contributed by atoms with Crippen molar-refractivity contribution in [3.05, 3.63) is 36.2 Å². The van der Waals surface area contributed by atoms with E-state index in [1.54, 1.807) is 7.11 Å². The van der Waals surface area contributed by atoms with Gasteiger partial charge in [-0.05, 0) is 13.8 Å². The molecule has 1 aromatic carbocycles. The molecular formula is C12H15N3O. The molecule has 0 spiro atoms. The number of methoxy groups -OCH3 is 1. The second-order valence-electron chi connectivity index (χ2n) is 4.09. The SMILES string of the molecule is COC(C)(C)c1nc(-c2ccccc2)n[nH]1. The minimum Gasteiger partial charge on any atom is -0.371 e. The predicted molar refractivity (Wildman–Crippen MR) is 61.9 cm³/mol. The molecule has 84 valence electrons. The van der Waals surface area contributed by atoms with Crippen LogP contribution in [0.15, 0.2) is 30.3 Å². The molecule has 0 unspecified atom stereocenters. The first-order chi connectivity index (χ1) is 7.63. The Labute approximate surface area is 94.7 Å². The first-order valence-corrected chi connectivity index (χ1v) is 5.17. The zero-order valence-corrected chi connectivity index (χ0v) is 9.69. The molecule has 2 rings (SSSR count). The van der Waals surface area contributed by atoms with E-state index in [0.29, 0.717) is 5.82 Å². The van der Waals surface area contributed by atoms with Crippen molar-refractivity contribution in [3.8, 4) is 11.4 Å². The van der Waals surface area contributed by atoms with E-state index in [9.17, 15) is 0 Å². The van der Waals surface area contributed by atoms with Crippen molar-refractivity contribution in [1.82, 2.24) is 15.2 Å².